The van der Waals surface area contributed by atoms with Gasteiger partial charge in [0.25, 0.3) is 0 Å². The fourth-order valence-electron chi connectivity index (χ4n) is 4.21. The lowest BCUT2D eigenvalue weighted by Crippen LogP contribution is -2.49. The summed E-state index contributed by atoms with van der Waals surface area (Å²) in [7, 11) is -3.60. The molecule has 0 saturated carbocycles. The summed E-state index contributed by atoms with van der Waals surface area (Å²) in [6.07, 6.45) is 0. The largest absolute Gasteiger partial charge is 0.457 e. The first-order valence-electron chi connectivity index (χ1n) is 11.8. The van der Waals surface area contributed by atoms with Gasteiger partial charge >= 0.3 is 0 Å². The van der Waals surface area contributed by atoms with Crippen LogP contribution >= 0.6 is 0 Å². The Morgan fingerprint density at radius 3 is 2.14 bits per heavy atom. The van der Waals surface area contributed by atoms with Crippen molar-refractivity contribution in [2.24, 2.45) is 0 Å². The zero-order chi connectivity index (χ0) is 24.3. The van der Waals surface area contributed by atoms with Crippen molar-refractivity contribution in [3.8, 4) is 11.5 Å². The lowest BCUT2D eigenvalue weighted by atomic mass is 10.3. The second-order valence-corrected chi connectivity index (χ2v) is 10.5. The highest BCUT2D eigenvalue weighted by Crippen LogP contribution is 2.26. The number of anilines is 2. The number of hydrogen-bond acceptors (Lipinski definition) is 8. The molecule has 10 heteroatoms. The van der Waals surface area contributed by atoms with Crippen LogP contribution in [0.3, 0.4) is 0 Å². The van der Waals surface area contributed by atoms with Gasteiger partial charge in [0.2, 0.25) is 16.0 Å². The molecule has 184 valence electrons. The van der Waals surface area contributed by atoms with Gasteiger partial charge in [0, 0.05) is 51.0 Å². The Hall–Kier alpha value is -3.21. The number of aryl methyl sites for hydroxylation is 1. The van der Waals surface area contributed by atoms with Gasteiger partial charge in [0.15, 0.2) is 0 Å². The van der Waals surface area contributed by atoms with E-state index in [2.05, 4.69) is 14.8 Å². The molecule has 3 heterocycles. The predicted octanol–water partition coefficient (Wildman–Crippen LogP) is 2.92. The van der Waals surface area contributed by atoms with Crippen LogP contribution in [0, 0.1) is 6.92 Å². The van der Waals surface area contributed by atoms with E-state index in [-0.39, 0.29) is 4.90 Å². The van der Waals surface area contributed by atoms with E-state index >= 15 is 0 Å². The number of benzene rings is 2. The predicted molar refractivity (Wildman–Crippen MR) is 134 cm³/mol. The third kappa shape index (κ3) is 5.39. The average molecular weight is 496 g/mol. The molecule has 0 amide bonds. The van der Waals surface area contributed by atoms with Crippen LogP contribution in [0.4, 0.5) is 11.8 Å². The Bertz CT molecular complexity index is 1240. The number of morpholine rings is 1. The van der Waals surface area contributed by atoms with E-state index in [0.717, 1.165) is 24.6 Å². The summed E-state index contributed by atoms with van der Waals surface area (Å²) in [6, 6.07) is 17.9. The van der Waals surface area contributed by atoms with Crippen molar-refractivity contribution < 1.29 is 17.9 Å². The second-order valence-electron chi connectivity index (χ2n) is 8.54. The topological polar surface area (TPSA) is 88.1 Å². The van der Waals surface area contributed by atoms with Crippen molar-refractivity contribution in [1.82, 2.24) is 14.3 Å². The maximum atomic E-state index is 13.2. The minimum atomic E-state index is -3.60. The highest BCUT2D eigenvalue weighted by atomic mass is 32.2. The van der Waals surface area contributed by atoms with Crippen molar-refractivity contribution in [2.45, 2.75) is 11.8 Å². The number of hydrogen-bond donors (Lipinski definition) is 0. The van der Waals surface area contributed by atoms with Crippen LogP contribution < -0.4 is 14.5 Å². The standard InChI is InChI=1S/C25H29N5O4S/c1-20-19-24(28-15-17-33-18-16-28)27-25(26-20)29-11-13-30(14-12-29)35(31,32)23-9-7-22(8-10-23)34-21-5-3-2-4-6-21/h2-10,19H,11-18H2,1H3. The molecule has 2 aliphatic heterocycles. The summed E-state index contributed by atoms with van der Waals surface area (Å²) in [5, 5.41) is 0. The fourth-order valence-corrected chi connectivity index (χ4v) is 5.64. The van der Waals surface area contributed by atoms with Gasteiger partial charge in [-0.25, -0.2) is 13.4 Å². The first-order chi connectivity index (χ1) is 17.0. The van der Waals surface area contributed by atoms with E-state index < -0.39 is 10.0 Å². The molecular formula is C25H29N5O4S. The Labute approximate surface area is 206 Å². The monoisotopic (exact) mass is 495 g/mol. The van der Waals surface area contributed by atoms with Crippen LogP contribution in [0.5, 0.6) is 11.5 Å². The molecule has 0 radical (unpaired) electrons. The van der Waals surface area contributed by atoms with Gasteiger partial charge in [0.1, 0.15) is 17.3 Å². The van der Waals surface area contributed by atoms with Gasteiger partial charge in [-0.05, 0) is 43.3 Å². The van der Waals surface area contributed by atoms with Crippen LogP contribution in [0.2, 0.25) is 0 Å². The molecule has 2 aliphatic rings. The molecule has 9 nitrogen and oxygen atoms in total. The van der Waals surface area contributed by atoms with Gasteiger partial charge in [-0.15, -0.1) is 0 Å². The summed E-state index contributed by atoms with van der Waals surface area (Å²) in [5.41, 5.74) is 0.893. The average Bonchev–Trinajstić information content (AvgIpc) is 2.90. The Kier molecular flexibility index (Phi) is 6.85. The highest BCUT2D eigenvalue weighted by Gasteiger charge is 2.30. The van der Waals surface area contributed by atoms with E-state index in [1.165, 1.54) is 4.31 Å². The summed E-state index contributed by atoms with van der Waals surface area (Å²) >= 11 is 0. The van der Waals surface area contributed by atoms with Crippen molar-refractivity contribution in [3.05, 3.63) is 66.4 Å². The van der Waals surface area contributed by atoms with E-state index in [0.29, 0.717) is 56.8 Å². The first-order valence-corrected chi connectivity index (χ1v) is 13.2. The molecule has 0 bridgehead atoms. The number of nitrogens with zero attached hydrogens (tertiary/aromatic N) is 5. The third-order valence-corrected chi connectivity index (χ3v) is 8.04. The van der Waals surface area contributed by atoms with Crippen LogP contribution in [-0.2, 0) is 14.8 Å². The van der Waals surface area contributed by atoms with E-state index in [4.69, 9.17) is 14.5 Å². The summed E-state index contributed by atoms with van der Waals surface area (Å²) in [4.78, 5) is 13.9. The van der Waals surface area contributed by atoms with Crippen molar-refractivity contribution in [1.29, 1.82) is 0 Å². The number of ether oxygens (including phenoxy) is 2. The third-order valence-electron chi connectivity index (χ3n) is 6.13. The smallest absolute Gasteiger partial charge is 0.243 e. The number of sulfonamides is 1. The van der Waals surface area contributed by atoms with E-state index in [9.17, 15) is 8.42 Å². The lowest BCUT2D eigenvalue weighted by molar-refractivity contribution is 0.122. The second kappa shape index (κ2) is 10.2. The van der Waals surface area contributed by atoms with Gasteiger partial charge < -0.3 is 19.3 Å². The molecule has 0 spiro atoms. The van der Waals surface area contributed by atoms with Crippen LogP contribution in [0.1, 0.15) is 5.69 Å². The number of aromatic nitrogens is 2. The Morgan fingerprint density at radius 2 is 1.46 bits per heavy atom. The number of piperazine rings is 1. The molecule has 0 unspecified atom stereocenters. The van der Waals surface area contributed by atoms with Gasteiger partial charge in [-0.2, -0.15) is 9.29 Å². The van der Waals surface area contributed by atoms with Crippen molar-refractivity contribution in [2.75, 3.05) is 62.3 Å². The van der Waals surface area contributed by atoms with Crippen LogP contribution in [0.25, 0.3) is 0 Å². The molecule has 5 rings (SSSR count). The molecule has 2 aromatic carbocycles. The molecule has 0 N–H and O–H groups in total. The van der Waals surface area contributed by atoms with E-state index in [1.807, 2.05) is 43.3 Å². The number of rotatable bonds is 6. The molecule has 0 atom stereocenters. The van der Waals surface area contributed by atoms with E-state index in [1.54, 1.807) is 24.3 Å². The summed E-state index contributed by atoms with van der Waals surface area (Å²) in [6.45, 7) is 6.74. The van der Waals surface area contributed by atoms with Gasteiger partial charge in [-0.3, -0.25) is 0 Å². The zero-order valence-corrected chi connectivity index (χ0v) is 20.5. The summed E-state index contributed by atoms with van der Waals surface area (Å²) < 4.78 is 39.2. The summed E-state index contributed by atoms with van der Waals surface area (Å²) in [5.74, 6) is 2.83. The lowest BCUT2D eigenvalue weighted by Gasteiger charge is -2.35. The quantitative estimate of drug-likeness (QED) is 0.516. The minimum absolute atomic E-state index is 0.257. The normalized spacial score (nSPS) is 17.4. The minimum Gasteiger partial charge on any atom is -0.457 e. The maximum absolute atomic E-state index is 13.2. The first kappa shape index (κ1) is 23.5. The molecule has 35 heavy (non-hydrogen) atoms. The Balaban J connectivity index is 1.24. The molecule has 2 saturated heterocycles. The number of para-hydroxylation sites is 1. The molecule has 1 aromatic heterocycles. The van der Waals surface area contributed by atoms with Gasteiger partial charge in [0.05, 0.1) is 18.1 Å². The zero-order valence-electron chi connectivity index (χ0n) is 19.7. The highest BCUT2D eigenvalue weighted by molar-refractivity contribution is 7.89. The molecule has 3 aromatic rings. The Morgan fingerprint density at radius 1 is 0.800 bits per heavy atom. The molecule has 2 fully saturated rings. The van der Waals surface area contributed by atoms with Crippen molar-refractivity contribution in [3.63, 3.8) is 0 Å². The van der Waals surface area contributed by atoms with Crippen LogP contribution in [-0.4, -0.2) is 75.2 Å². The van der Waals surface area contributed by atoms with Crippen LogP contribution in [0.15, 0.2) is 65.6 Å². The maximum Gasteiger partial charge on any atom is 0.243 e. The van der Waals surface area contributed by atoms with Crippen molar-refractivity contribution >= 4 is 21.8 Å². The SMILES string of the molecule is Cc1cc(N2CCOCC2)nc(N2CCN(S(=O)(=O)c3ccc(Oc4ccccc4)cc3)CC2)n1. The van der Waals surface area contributed by atoms with Gasteiger partial charge in [-0.1, -0.05) is 18.2 Å². The fraction of sp³-hybridized carbons (Fsp3) is 0.360. The molecular weight excluding hydrogens is 466 g/mol. The molecule has 0 aliphatic carbocycles.